The van der Waals surface area contributed by atoms with E-state index in [2.05, 4.69) is 27.2 Å². The van der Waals surface area contributed by atoms with E-state index in [4.69, 9.17) is 4.74 Å². The summed E-state index contributed by atoms with van der Waals surface area (Å²) in [7, 11) is 0. The Labute approximate surface area is 170 Å². The highest BCUT2D eigenvalue weighted by molar-refractivity contribution is 5.77. The SMILES string of the molecule is O=C(CCc1ccc(=O)[nH]n1)N1CCO[C@@H](CN2CCCC2)[C@@H]1c1ccccc1. The number of aryl methyl sites for hydroxylation is 1. The van der Waals surface area contributed by atoms with Gasteiger partial charge in [0.05, 0.1) is 24.4 Å². The van der Waals surface area contributed by atoms with Crippen LogP contribution in [0.25, 0.3) is 0 Å². The van der Waals surface area contributed by atoms with E-state index in [0.29, 0.717) is 26.0 Å². The topological polar surface area (TPSA) is 78.5 Å². The molecule has 0 spiro atoms. The summed E-state index contributed by atoms with van der Waals surface area (Å²) in [5.41, 5.74) is 1.60. The van der Waals surface area contributed by atoms with Gasteiger partial charge >= 0.3 is 0 Å². The van der Waals surface area contributed by atoms with Gasteiger partial charge in [0.15, 0.2) is 0 Å². The number of carbonyl (C=O) groups is 1. The number of ether oxygens (including phenoxy) is 1. The van der Waals surface area contributed by atoms with Crippen molar-refractivity contribution in [3.8, 4) is 0 Å². The number of carbonyl (C=O) groups excluding carboxylic acids is 1. The molecule has 0 aliphatic carbocycles. The van der Waals surface area contributed by atoms with Gasteiger partial charge in [0.25, 0.3) is 5.56 Å². The number of hydrogen-bond donors (Lipinski definition) is 1. The van der Waals surface area contributed by atoms with E-state index in [9.17, 15) is 9.59 Å². The minimum absolute atomic E-state index is 0.0283. The Balaban J connectivity index is 1.50. The second-order valence-electron chi connectivity index (χ2n) is 7.77. The Bertz CT molecular complexity index is 843. The molecule has 2 atom stereocenters. The van der Waals surface area contributed by atoms with Crippen molar-refractivity contribution >= 4 is 5.91 Å². The van der Waals surface area contributed by atoms with Gasteiger partial charge in [0.2, 0.25) is 5.91 Å². The second kappa shape index (κ2) is 9.33. The van der Waals surface area contributed by atoms with Gasteiger partial charge < -0.3 is 14.5 Å². The summed E-state index contributed by atoms with van der Waals surface area (Å²) >= 11 is 0. The third-order valence-electron chi connectivity index (χ3n) is 5.78. The van der Waals surface area contributed by atoms with Gasteiger partial charge in [0, 0.05) is 32.0 Å². The highest BCUT2D eigenvalue weighted by Gasteiger charge is 2.37. The molecule has 1 N–H and O–H groups in total. The molecule has 7 heteroatoms. The highest BCUT2D eigenvalue weighted by Crippen LogP contribution is 2.31. The summed E-state index contributed by atoms with van der Waals surface area (Å²) in [6.07, 6.45) is 3.30. The van der Waals surface area contributed by atoms with Crippen molar-refractivity contribution in [2.75, 3.05) is 32.8 Å². The lowest BCUT2D eigenvalue weighted by atomic mass is 9.96. The molecular formula is C22H28N4O3. The maximum atomic E-state index is 13.2. The minimum atomic E-state index is -0.234. The zero-order valence-electron chi connectivity index (χ0n) is 16.6. The number of H-pyrrole nitrogens is 1. The highest BCUT2D eigenvalue weighted by atomic mass is 16.5. The van der Waals surface area contributed by atoms with Gasteiger partial charge in [-0.1, -0.05) is 30.3 Å². The number of rotatable bonds is 6. The first-order valence-electron chi connectivity index (χ1n) is 10.4. The van der Waals surface area contributed by atoms with Gasteiger partial charge in [-0.3, -0.25) is 9.59 Å². The van der Waals surface area contributed by atoms with Crippen LogP contribution in [-0.4, -0.2) is 64.8 Å². The van der Waals surface area contributed by atoms with Gasteiger partial charge in [0.1, 0.15) is 0 Å². The average Bonchev–Trinajstić information content (AvgIpc) is 3.27. The first-order chi connectivity index (χ1) is 14.2. The van der Waals surface area contributed by atoms with E-state index in [0.717, 1.165) is 30.9 Å². The number of benzene rings is 1. The Morgan fingerprint density at radius 3 is 2.62 bits per heavy atom. The van der Waals surface area contributed by atoms with Crippen LogP contribution in [0.5, 0.6) is 0 Å². The third kappa shape index (κ3) is 4.92. The van der Waals surface area contributed by atoms with Crippen LogP contribution < -0.4 is 5.56 Å². The molecule has 2 aliphatic rings. The number of amides is 1. The van der Waals surface area contributed by atoms with E-state index in [1.807, 2.05) is 23.1 Å². The quantitative estimate of drug-likeness (QED) is 0.805. The van der Waals surface area contributed by atoms with Crippen LogP contribution in [0.3, 0.4) is 0 Å². The molecule has 2 aliphatic heterocycles. The maximum Gasteiger partial charge on any atom is 0.264 e. The van der Waals surface area contributed by atoms with E-state index in [1.165, 1.54) is 18.9 Å². The monoisotopic (exact) mass is 396 g/mol. The van der Waals surface area contributed by atoms with Gasteiger partial charge in [-0.25, -0.2) is 5.10 Å². The van der Waals surface area contributed by atoms with Crippen molar-refractivity contribution in [1.29, 1.82) is 0 Å². The van der Waals surface area contributed by atoms with E-state index in [1.54, 1.807) is 6.07 Å². The Hall–Kier alpha value is -2.51. The smallest absolute Gasteiger partial charge is 0.264 e. The lowest BCUT2D eigenvalue weighted by molar-refractivity contribution is -0.148. The fourth-order valence-electron chi connectivity index (χ4n) is 4.32. The number of morpholine rings is 1. The summed E-state index contributed by atoms with van der Waals surface area (Å²) in [5, 5.41) is 6.45. The average molecular weight is 396 g/mol. The van der Waals surface area contributed by atoms with Crippen LogP contribution in [0.15, 0.2) is 47.3 Å². The summed E-state index contributed by atoms with van der Waals surface area (Å²) in [5.74, 6) is 0.0987. The van der Waals surface area contributed by atoms with Gasteiger partial charge in [-0.05, 0) is 37.6 Å². The van der Waals surface area contributed by atoms with Gasteiger partial charge in [-0.2, -0.15) is 5.10 Å². The lowest BCUT2D eigenvalue weighted by Gasteiger charge is -2.43. The fourth-order valence-corrected chi connectivity index (χ4v) is 4.32. The van der Waals surface area contributed by atoms with Crippen molar-refractivity contribution in [1.82, 2.24) is 20.0 Å². The minimum Gasteiger partial charge on any atom is -0.373 e. The summed E-state index contributed by atoms with van der Waals surface area (Å²) in [6.45, 7) is 4.21. The summed E-state index contributed by atoms with van der Waals surface area (Å²) in [4.78, 5) is 28.8. The summed E-state index contributed by atoms with van der Waals surface area (Å²) in [6, 6.07) is 13.2. The predicted octanol–water partition coefficient (Wildman–Crippen LogP) is 1.77. The maximum absolute atomic E-state index is 13.2. The van der Waals surface area contributed by atoms with E-state index < -0.39 is 0 Å². The van der Waals surface area contributed by atoms with Crippen LogP contribution in [0.4, 0.5) is 0 Å². The second-order valence-corrected chi connectivity index (χ2v) is 7.77. The first-order valence-corrected chi connectivity index (χ1v) is 10.4. The van der Waals surface area contributed by atoms with Crippen molar-refractivity contribution in [2.24, 2.45) is 0 Å². The predicted molar refractivity (Wildman–Crippen MR) is 109 cm³/mol. The number of aromatic nitrogens is 2. The van der Waals surface area contributed by atoms with Crippen LogP contribution >= 0.6 is 0 Å². The Morgan fingerprint density at radius 1 is 1.10 bits per heavy atom. The molecule has 0 bridgehead atoms. The van der Waals surface area contributed by atoms with Gasteiger partial charge in [-0.15, -0.1) is 0 Å². The van der Waals surface area contributed by atoms with E-state index >= 15 is 0 Å². The molecule has 2 fully saturated rings. The number of nitrogens with zero attached hydrogens (tertiary/aromatic N) is 3. The normalized spacial score (nSPS) is 22.7. The lowest BCUT2D eigenvalue weighted by Crippen LogP contribution is -2.51. The van der Waals surface area contributed by atoms with Crippen LogP contribution in [0.2, 0.25) is 0 Å². The zero-order chi connectivity index (χ0) is 20.1. The molecule has 1 amide bonds. The molecule has 2 aromatic rings. The molecule has 1 aromatic heterocycles. The number of nitrogens with one attached hydrogen (secondary N) is 1. The third-order valence-corrected chi connectivity index (χ3v) is 5.78. The number of likely N-dealkylation sites (tertiary alicyclic amines) is 1. The molecule has 3 heterocycles. The number of hydrogen-bond acceptors (Lipinski definition) is 5. The standard InChI is InChI=1S/C22H28N4O3/c27-20-10-8-18(23-24-20)9-11-21(28)26-14-15-29-19(16-25-12-4-5-13-25)22(26)17-6-2-1-3-7-17/h1-3,6-8,10,19,22H,4-5,9,11-16H2,(H,24,27)/t19-,22-/m0/s1. The van der Waals surface area contributed by atoms with Crippen LogP contribution in [-0.2, 0) is 16.0 Å². The molecule has 29 heavy (non-hydrogen) atoms. The largest absolute Gasteiger partial charge is 0.373 e. The molecule has 0 saturated carbocycles. The Kier molecular flexibility index (Phi) is 6.36. The summed E-state index contributed by atoms with van der Waals surface area (Å²) < 4.78 is 6.18. The first kappa shape index (κ1) is 19.8. The van der Waals surface area contributed by atoms with Crippen molar-refractivity contribution < 1.29 is 9.53 Å². The molecule has 0 radical (unpaired) electrons. The number of aromatic amines is 1. The zero-order valence-corrected chi connectivity index (χ0v) is 16.6. The fraction of sp³-hybridized carbons (Fsp3) is 0.500. The molecule has 154 valence electrons. The van der Waals surface area contributed by atoms with Crippen LogP contribution in [0.1, 0.15) is 36.6 Å². The van der Waals surface area contributed by atoms with Crippen molar-refractivity contribution in [3.63, 3.8) is 0 Å². The molecular weight excluding hydrogens is 368 g/mol. The Morgan fingerprint density at radius 2 is 1.90 bits per heavy atom. The van der Waals surface area contributed by atoms with Crippen molar-refractivity contribution in [3.05, 3.63) is 64.1 Å². The van der Waals surface area contributed by atoms with Crippen LogP contribution in [0, 0.1) is 0 Å². The van der Waals surface area contributed by atoms with Crippen molar-refractivity contribution in [2.45, 2.75) is 37.8 Å². The molecule has 4 rings (SSSR count). The molecule has 1 aromatic carbocycles. The molecule has 0 unspecified atom stereocenters. The molecule has 2 saturated heterocycles. The molecule has 7 nitrogen and oxygen atoms in total. The van der Waals surface area contributed by atoms with E-state index in [-0.39, 0.29) is 23.6 Å².